The van der Waals surface area contributed by atoms with Gasteiger partial charge in [-0.05, 0) is 0 Å². The third kappa shape index (κ3) is 90.1. The molecule has 4 heteroatoms. The molecule has 0 radical (unpaired) electrons. The van der Waals surface area contributed by atoms with Crippen molar-refractivity contribution in [2.24, 2.45) is 0 Å². The van der Waals surface area contributed by atoms with Crippen LogP contribution in [0.1, 0.15) is 0 Å². The van der Waals surface area contributed by atoms with E-state index in [1.54, 1.807) is 0 Å². The van der Waals surface area contributed by atoms with E-state index in [-0.39, 0.29) is 0 Å². The number of rotatable bonds is 0. The van der Waals surface area contributed by atoms with Crippen LogP contribution in [0.25, 0.3) is 0 Å². The number of hydrogen-bond acceptors (Lipinski definition) is 2. The van der Waals surface area contributed by atoms with Gasteiger partial charge < -0.3 is 0 Å². The van der Waals surface area contributed by atoms with Gasteiger partial charge in [-0.15, -0.1) is 0 Å². The van der Waals surface area contributed by atoms with Crippen LogP contribution in [0, 0.1) is 0 Å². The normalized spacial score (nSPS) is 2.00. The summed E-state index contributed by atoms with van der Waals surface area (Å²) < 4.78 is 16.0. The van der Waals surface area contributed by atoms with Gasteiger partial charge in [-0.3, -0.25) is 0 Å². The molecule has 0 rings (SSSR count). The van der Waals surface area contributed by atoms with Crippen molar-refractivity contribution in [3.05, 3.63) is 0 Å². The molecule has 0 unspecified atom stereocenters. The predicted molar refractivity (Wildman–Crippen MR) is 8.52 cm³/mol. The topological polar surface area (TPSA) is 34.1 Å². The minimum absolute atomic E-state index is 2.00. The molecule has 24 valence electrons. The van der Waals surface area contributed by atoms with Crippen LogP contribution in [0.5, 0.6) is 0 Å². The van der Waals surface area contributed by atoms with Gasteiger partial charge in [-0.25, -0.2) is 0 Å². The second-order valence-corrected chi connectivity index (χ2v) is 0. The molecule has 0 aromatic rings. The van der Waals surface area contributed by atoms with Gasteiger partial charge in [0, 0.05) is 0 Å². The molecule has 0 aliphatic rings. The van der Waals surface area contributed by atoms with Crippen molar-refractivity contribution in [1.29, 1.82) is 0 Å². The van der Waals surface area contributed by atoms with E-state index in [4.69, 9.17) is 8.54 Å². The van der Waals surface area contributed by atoms with Crippen LogP contribution in [0.4, 0.5) is 0 Å². The molecular weight excluding hydrogens is 98.7 g/mol. The SMILES string of the molecule is B=O.[O]=[Fe]. The first-order valence-electron chi connectivity index (χ1n) is 0.433. The molecule has 0 aromatic carbocycles. The maximum atomic E-state index is 8.00. The Hall–Kier alpha value is 0.184. The van der Waals surface area contributed by atoms with Crippen molar-refractivity contribution >= 4 is 7.72 Å². The van der Waals surface area contributed by atoms with Crippen LogP contribution in [-0.4, -0.2) is 7.72 Å². The van der Waals surface area contributed by atoms with Crippen LogP contribution in [0.3, 0.4) is 0 Å². The zero-order valence-corrected chi connectivity index (χ0v) is 2.98. The Kier molecular flexibility index (Phi) is 993. The fraction of sp³-hybridized carbons (Fsp3) is 0. The molecule has 0 atom stereocenters. The summed E-state index contributed by atoms with van der Waals surface area (Å²) in [5.74, 6) is 0. The second kappa shape index (κ2) is 447. The van der Waals surface area contributed by atoms with Gasteiger partial charge in [0.05, 0.1) is 0 Å². The molecule has 0 fully saturated rings. The fourth-order valence-electron chi connectivity index (χ4n) is 0. The summed E-state index contributed by atoms with van der Waals surface area (Å²) >= 11 is 2.00. The van der Waals surface area contributed by atoms with Crippen LogP contribution >= 0.6 is 0 Å². The minimum atomic E-state index is 2.00. The van der Waals surface area contributed by atoms with Gasteiger partial charge in [0.1, 0.15) is 0 Å². The molecule has 0 amide bonds. The molecule has 0 heterocycles. The Morgan fingerprint density at radius 3 is 1.25 bits per heavy atom. The average molecular weight is 99.7 g/mol. The van der Waals surface area contributed by atoms with Gasteiger partial charge >= 0.3 is 32.2 Å². The van der Waals surface area contributed by atoms with Crippen molar-refractivity contribution in [2.45, 2.75) is 0 Å². The van der Waals surface area contributed by atoms with Gasteiger partial charge in [0.2, 0.25) is 0 Å². The van der Waals surface area contributed by atoms with Gasteiger partial charge in [-0.1, -0.05) is 0 Å². The first-order valence-corrected chi connectivity index (χ1v) is 0.884. The summed E-state index contributed by atoms with van der Waals surface area (Å²) in [6.07, 6.45) is 0. The van der Waals surface area contributed by atoms with Gasteiger partial charge in [0.25, 0.3) is 0 Å². The third-order valence-corrected chi connectivity index (χ3v) is 0. The molecule has 4 heavy (non-hydrogen) atoms. The van der Waals surface area contributed by atoms with Crippen molar-refractivity contribution in [1.82, 2.24) is 0 Å². The molecular formula is HBFeO2. The zero-order valence-electron chi connectivity index (χ0n) is 1.88. The van der Waals surface area contributed by atoms with Crippen LogP contribution in [-0.2, 0) is 24.5 Å². The first kappa shape index (κ1) is 8.89. The molecule has 0 N–H and O–H groups in total. The fourth-order valence-corrected chi connectivity index (χ4v) is 0. The molecule has 0 aliphatic carbocycles. The van der Waals surface area contributed by atoms with Gasteiger partial charge in [-0.2, -0.15) is 0 Å². The summed E-state index contributed by atoms with van der Waals surface area (Å²) in [4.78, 5) is 0. The molecule has 0 bridgehead atoms. The van der Waals surface area contributed by atoms with Gasteiger partial charge in [0.15, 0.2) is 0 Å². The van der Waals surface area contributed by atoms with E-state index < -0.39 is 0 Å². The summed E-state index contributed by atoms with van der Waals surface area (Å²) in [6.45, 7) is 0. The second-order valence-electron chi connectivity index (χ2n) is 0. The van der Waals surface area contributed by atoms with E-state index in [0.29, 0.717) is 0 Å². The van der Waals surface area contributed by atoms with E-state index >= 15 is 0 Å². The van der Waals surface area contributed by atoms with Crippen LogP contribution in [0.15, 0.2) is 0 Å². The summed E-state index contributed by atoms with van der Waals surface area (Å²) in [7, 11) is 2.00. The Labute approximate surface area is 33.0 Å². The van der Waals surface area contributed by atoms with Crippen molar-refractivity contribution < 1.29 is 24.5 Å². The predicted octanol–water partition coefficient (Wildman–Crippen LogP) is -0.889. The van der Waals surface area contributed by atoms with Crippen molar-refractivity contribution in [3.63, 3.8) is 0 Å². The molecule has 0 saturated carbocycles. The Morgan fingerprint density at radius 2 is 1.25 bits per heavy atom. The average Bonchev–Trinajstić information content (AvgIpc) is 1.50. The van der Waals surface area contributed by atoms with E-state index in [9.17, 15) is 0 Å². The molecule has 0 saturated heterocycles. The van der Waals surface area contributed by atoms with E-state index in [1.807, 2.05) is 23.7 Å². The quantitative estimate of drug-likeness (QED) is 0.370. The van der Waals surface area contributed by atoms with Crippen molar-refractivity contribution in [2.75, 3.05) is 0 Å². The van der Waals surface area contributed by atoms with Crippen molar-refractivity contribution in [3.8, 4) is 0 Å². The van der Waals surface area contributed by atoms with Crippen LogP contribution < -0.4 is 0 Å². The standard InChI is InChI=1S/BHO.Fe.O/c1-2;;/h1H;;. The van der Waals surface area contributed by atoms with Crippen LogP contribution in [0.2, 0.25) is 0 Å². The maximum absolute atomic E-state index is 8.00. The summed E-state index contributed by atoms with van der Waals surface area (Å²) in [5, 5.41) is 0. The first-order chi connectivity index (χ1) is 2.00. The molecule has 0 aliphatic heterocycles. The molecule has 0 spiro atoms. The monoisotopic (exact) mass is 99.9 g/mol. The third-order valence-electron chi connectivity index (χ3n) is 0. The van der Waals surface area contributed by atoms with E-state index in [0.717, 1.165) is 0 Å². The van der Waals surface area contributed by atoms with E-state index in [2.05, 4.69) is 0 Å². The number of hydrogen-bond donors (Lipinski definition) is 0. The van der Waals surface area contributed by atoms with E-state index in [1.165, 1.54) is 0 Å². The summed E-state index contributed by atoms with van der Waals surface area (Å²) in [6, 6.07) is 0. The Morgan fingerprint density at radius 1 is 1.25 bits per heavy atom. The Balaban J connectivity index is 0. The zero-order chi connectivity index (χ0) is 4.00. The summed E-state index contributed by atoms with van der Waals surface area (Å²) in [5.41, 5.74) is 0. The molecule has 0 aromatic heterocycles. The Bertz CT molecular complexity index is 8.00. The molecule has 2 nitrogen and oxygen atoms in total.